The Hall–Kier alpha value is 2.00. The summed E-state index contributed by atoms with van der Waals surface area (Å²) in [5.74, 6) is 0. The van der Waals surface area contributed by atoms with Gasteiger partial charge in [0.15, 0.2) is 0 Å². The Bertz CT molecular complexity index is 6.00. The first kappa shape index (κ1) is 9.38. The topological polar surface area (TPSA) is 0 Å². The van der Waals surface area contributed by atoms with Crippen LogP contribution in [0.5, 0.6) is 0 Å². The summed E-state index contributed by atoms with van der Waals surface area (Å²) in [6.07, 6.45) is 0. The number of hydrogen-bond acceptors (Lipinski definition) is 0. The minimum Gasteiger partial charge on any atom is 0 e. The van der Waals surface area contributed by atoms with Crippen molar-refractivity contribution in [1.82, 2.24) is 0 Å². The first-order valence-corrected chi connectivity index (χ1v) is 1.04. The molecule has 0 fully saturated rings. The second kappa shape index (κ2) is 8.89. The van der Waals surface area contributed by atoms with E-state index in [4.69, 9.17) is 0 Å². The molecule has 0 aromatic carbocycles. The van der Waals surface area contributed by atoms with Crippen molar-refractivity contribution in [3.63, 3.8) is 0 Å². The van der Waals surface area contributed by atoms with Crippen LogP contribution in [0.3, 0.4) is 0 Å². The molecule has 0 nitrogen and oxygen atoms in total. The van der Waals surface area contributed by atoms with Crippen LogP contribution in [0.1, 0.15) is 0 Å². The van der Waals surface area contributed by atoms with E-state index < -0.39 is 15.6 Å². The predicted molar refractivity (Wildman–Crippen MR) is 7.97 cm³/mol. The van der Waals surface area contributed by atoms with Crippen molar-refractivity contribution >= 4 is 51.4 Å². The minimum absolute atomic E-state index is 0. The summed E-state index contributed by atoms with van der Waals surface area (Å²) in [6, 6.07) is 0. The van der Waals surface area contributed by atoms with Gasteiger partial charge in [0.2, 0.25) is 0 Å². The van der Waals surface area contributed by atoms with E-state index in [9.17, 15) is 7.16 Å². The van der Waals surface area contributed by atoms with E-state index in [-0.39, 0.29) is 51.4 Å². The number of hydrogen-bond donors (Lipinski definition) is 0. The molecule has 4 heteroatoms. The molecule has 0 heterocycles. The molecule has 0 saturated carbocycles. The normalized spacial score (nSPS) is 5.50. The summed E-state index contributed by atoms with van der Waals surface area (Å²) in [6.45, 7) is 0. The molecule has 4 heavy (non-hydrogen) atoms. The van der Waals surface area contributed by atoms with Gasteiger partial charge in [-0.2, -0.15) is 0 Å². The second-order valence-corrected chi connectivity index (χ2v) is 0.196. The van der Waals surface area contributed by atoms with E-state index in [1.165, 1.54) is 0 Å². The van der Waals surface area contributed by atoms with Gasteiger partial charge in [0, 0.05) is 51.4 Å². The van der Waals surface area contributed by atoms with Crippen molar-refractivity contribution in [3.8, 4) is 0 Å². The molecule has 24 valence electrons. The maximum absolute atomic E-state index is 9.59. The Kier molecular flexibility index (Phi) is 20.8. The molecule has 0 bridgehead atoms. The van der Waals surface area contributed by atoms with Gasteiger partial charge in [-0.1, -0.05) is 0 Å². The van der Waals surface area contributed by atoms with E-state index in [0.29, 0.717) is 0 Å². The van der Waals surface area contributed by atoms with Gasteiger partial charge >= 0.3 is 22.8 Å². The standard InChI is InChI=1S/Co.2FH.K/h;2*1H;/q+2;;;/p-2. The molecule has 0 aromatic rings. The van der Waals surface area contributed by atoms with Gasteiger partial charge < -0.3 is 0 Å². The van der Waals surface area contributed by atoms with Crippen LogP contribution in [0, 0.1) is 0 Å². The van der Waals surface area contributed by atoms with E-state index in [2.05, 4.69) is 0 Å². The first-order valence-electron chi connectivity index (χ1n) is 0.252. The van der Waals surface area contributed by atoms with Crippen LogP contribution in [0.2, 0.25) is 0 Å². The van der Waals surface area contributed by atoms with Crippen molar-refractivity contribution in [2.75, 3.05) is 0 Å². The predicted octanol–water partition coefficient (Wildman–Crippen LogP) is 0.457. The van der Waals surface area contributed by atoms with Crippen LogP contribution in [-0.4, -0.2) is 51.4 Å². The number of halogens is 2. The first-order chi connectivity index (χ1) is 1.41. The fourth-order valence-electron chi connectivity index (χ4n) is 0. The fourth-order valence-corrected chi connectivity index (χ4v) is 0. The van der Waals surface area contributed by atoms with Crippen molar-refractivity contribution in [1.29, 1.82) is 0 Å². The van der Waals surface area contributed by atoms with Gasteiger partial charge in [0.1, 0.15) is 0 Å². The molecule has 0 aliphatic rings. The summed E-state index contributed by atoms with van der Waals surface area (Å²) < 4.78 is 19.2. The van der Waals surface area contributed by atoms with Crippen LogP contribution in [-0.2, 0) is 15.6 Å². The Labute approximate surface area is 72.6 Å². The van der Waals surface area contributed by atoms with E-state index in [0.717, 1.165) is 0 Å². The van der Waals surface area contributed by atoms with Gasteiger partial charge in [-0.3, -0.25) is 0 Å². The van der Waals surface area contributed by atoms with Gasteiger partial charge in [-0.25, -0.2) is 0 Å². The molecule has 0 aliphatic carbocycles. The third-order valence-electron chi connectivity index (χ3n) is 0. The molecular formula is CoF2K. The van der Waals surface area contributed by atoms with Crippen molar-refractivity contribution in [2.24, 2.45) is 0 Å². The molecular weight excluding hydrogens is 136 g/mol. The van der Waals surface area contributed by atoms with Crippen LogP contribution in [0.15, 0.2) is 0 Å². The van der Waals surface area contributed by atoms with E-state index in [1.807, 2.05) is 0 Å². The molecule has 0 N–H and O–H groups in total. The second-order valence-electron chi connectivity index (χ2n) is 0.0476. The maximum atomic E-state index is 9.59. The van der Waals surface area contributed by atoms with Gasteiger partial charge in [-0.15, -0.1) is 0 Å². The zero-order chi connectivity index (χ0) is 2.71. The molecule has 0 amide bonds. The summed E-state index contributed by atoms with van der Waals surface area (Å²) in [4.78, 5) is 0. The monoisotopic (exact) mass is 136 g/mol. The smallest absolute Gasteiger partial charge is 0 e. The summed E-state index contributed by atoms with van der Waals surface area (Å²) in [5, 5.41) is 0. The molecule has 0 atom stereocenters. The van der Waals surface area contributed by atoms with Crippen LogP contribution < -0.4 is 0 Å². The molecule has 0 spiro atoms. The number of rotatable bonds is 0. The summed E-state index contributed by atoms with van der Waals surface area (Å²) in [7, 11) is 0. The molecule has 1 radical (unpaired) electrons. The third kappa shape index (κ3) is 9.00. The zero-order valence-corrected chi connectivity index (χ0v) is 6.25. The van der Waals surface area contributed by atoms with Gasteiger partial charge in [0.05, 0.1) is 0 Å². The Morgan fingerprint density at radius 3 is 1.25 bits per heavy atom. The van der Waals surface area contributed by atoms with Crippen LogP contribution >= 0.6 is 0 Å². The Balaban J connectivity index is 0. The van der Waals surface area contributed by atoms with Crippen molar-refractivity contribution in [2.45, 2.75) is 0 Å². The van der Waals surface area contributed by atoms with Gasteiger partial charge in [0.25, 0.3) is 0 Å². The average molecular weight is 136 g/mol. The summed E-state index contributed by atoms with van der Waals surface area (Å²) >= 11 is -1.56. The molecule has 0 unspecified atom stereocenters. The average Bonchev–Trinajstić information content (AvgIpc) is 0.918. The largest absolute Gasteiger partial charge is 0 e. The molecule has 0 aromatic heterocycles. The Morgan fingerprint density at radius 2 is 1.25 bits per heavy atom. The zero-order valence-electron chi connectivity index (χ0n) is 2.09. The third-order valence-corrected chi connectivity index (χ3v) is 0. The minimum atomic E-state index is -1.56. The van der Waals surface area contributed by atoms with Crippen molar-refractivity contribution in [3.05, 3.63) is 0 Å². The van der Waals surface area contributed by atoms with Crippen molar-refractivity contribution < 1.29 is 22.8 Å². The van der Waals surface area contributed by atoms with Crippen LogP contribution in [0.4, 0.5) is 7.16 Å². The maximum Gasteiger partial charge on any atom is 0 e. The van der Waals surface area contributed by atoms with E-state index >= 15 is 0 Å². The summed E-state index contributed by atoms with van der Waals surface area (Å²) in [5.41, 5.74) is 0. The van der Waals surface area contributed by atoms with Gasteiger partial charge in [-0.05, 0) is 0 Å². The SMILES string of the molecule is [F][Co][F].[K]. The molecule has 0 aliphatic heterocycles. The molecule has 0 rings (SSSR count). The Morgan fingerprint density at radius 1 is 1.25 bits per heavy atom. The molecule has 0 saturated heterocycles. The van der Waals surface area contributed by atoms with E-state index in [1.54, 1.807) is 0 Å². The fraction of sp³-hybridized carbons (Fsp3) is 0. The quantitative estimate of drug-likeness (QED) is 0.424. The van der Waals surface area contributed by atoms with Crippen LogP contribution in [0.25, 0.3) is 0 Å².